The zero-order valence-electron chi connectivity index (χ0n) is 14.2. The van der Waals surface area contributed by atoms with Gasteiger partial charge in [-0.15, -0.1) is 0 Å². The van der Waals surface area contributed by atoms with Gasteiger partial charge in [0.2, 0.25) is 0 Å². The van der Waals surface area contributed by atoms with Crippen LogP contribution >= 0.6 is 0 Å². The molecule has 1 aromatic heterocycles. The van der Waals surface area contributed by atoms with E-state index in [-0.39, 0.29) is 0 Å². The summed E-state index contributed by atoms with van der Waals surface area (Å²) in [5.74, 6) is 4.93. The summed E-state index contributed by atoms with van der Waals surface area (Å²) in [6, 6.07) is 2.08. The Bertz CT molecular complexity index is 456. The minimum Gasteiger partial charge on any atom is -0.373 e. The van der Waals surface area contributed by atoms with Gasteiger partial charge >= 0.3 is 0 Å². The lowest BCUT2D eigenvalue weighted by Gasteiger charge is -2.23. The van der Waals surface area contributed by atoms with Gasteiger partial charge in [0.25, 0.3) is 0 Å². The SMILES string of the molecule is CNc1cc(N2CCCC(C(C)C)CC2)nc(C(C)C)n1. The zero-order valence-corrected chi connectivity index (χ0v) is 14.2. The van der Waals surface area contributed by atoms with Gasteiger partial charge in [-0.2, -0.15) is 0 Å². The van der Waals surface area contributed by atoms with E-state index in [1.807, 2.05) is 7.05 Å². The Morgan fingerprint density at radius 2 is 1.90 bits per heavy atom. The molecule has 0 amide bonds. The van der Waals surface area contributed by atoms with Gasteiger partial charge in [-0.05, 0) is 31.1 Å². The van der Waals surface area contributed by atoms with E-state index in [0.717, 1.165) is 42.4 Å². The molecule has 1 aliphatic heterocycles. The van der Waals surface area contributed by atoms with Crippen molar-refractivity contribution in [2.45, 2.75) is 52.9 Å². The number of aromatic nitrogens is 2. The zero-order chi connectivity index (χ0) is 15.4. The van der Waals surface area contributed by atoms with Crippen LogP contribution in [0.4, 0.5) is 11.6 Å². The number of nitrogens with one attached hydrogen (secondary N) is 1. The van der Waals surface area contributed by atoms with Crippen LogP contribution in [0.25, 0.3) is 0 Å². The Balaban J connectivity index is 2.18. The van der Waals surface area contributed by atoms with Crippen molar-refractivity contribution in [3.05, 3.63) is 11.9 Å². The first kappa shape index (κ1) is 16.1. The highest BCUT2D eigenvalue weighted by atomic mass is 15.2. The molecular weight excluding hydrogens is 260 g/mol. The summed E-state index contributed by atoms with van der Waals surface area (Å²) in [5, 5.41) is 3.17. The van der Waals surface area contributed by atoms with Crippen LogP contribution < -0.4 is 10.2 Å². The molecule has 2 rings (SSSR count). The minimum atomic E-state index is 0.354. The first-order chi connectivity index (χ1) is 10.0. The molecule has 1 aromatic rings. The van der Waals surface area contributed by atoms with Gasteiger partial charge < -0.3 is 10.2 Å². The van der Waals surface area contributed by atoms with E-state index >= 15 is 0 Å². The molecule has 1 fully saturated rings. The molecule has 0 saturated carbocycles. The fraction of sp³-hybridized carbons (Fsp3) is 0.765. The summed E-state index contributed by atoms with van der Waals surface area (Å²) >= 11 is 0. The summed E-state index contributed by atoms with van der Waals surface area (Å²) < 4.78 is 0. The van der Waals surface area contributed by atoms with E-state index < -0.39 is 0 Å². The van der Waals surface area contributed by atoms with Gasteiger partial charge in [0.1, 0.15) is 17.5 Å². The molecule has 1 N–H and O–H groups in total. The molecule has 2 heterocycles. The van der Waals surface area contributed by atoms with E-state index in [1.165, 1.54) is 19.3 Å². The molecular formula is C17H30N4. The number of anilines is 2. The van der Waals surface area contributed by atoms with Gasteiger partial charge in [0, 0.05) is 32.1 Å². The van der Waals surface area contributed by atoms with Crippen LogP contribution in [0.1, 0.15) is 58.7 Å². The second kappa shape index (κ2) is 7.10. The summed E-state index contributed by atoms with van der Waals surface area (Å²) in [6.07, 6.45) is 3.88. The summed E-state index contributed by atoms with van der Waals surface area (Å²) in [7, 11) is 1.92. The van der Waals surface area contributed by atoms with Crippen molar-refractivity contribution in [1.29, 1.82) is 0 Å². The average molecular weight is 290 g/mol. The fourth-order valence-electron chi connectivity index (χ4n) is 3.02. The van der Waals surface area contributed by atoms with Gasteiger partial charge in [0.15, 0.2) is 0 Å². The summed E-state index contributed by atoms with van der Waals surface area (Å²) in [6.45, 7) is 11.2. The molecule has 4 nitrogen and oxygen atoms in total. The molecule has 1 atom stereocenters. The van der Waals surface area contributed by atoms with Crippen LogP contribution in [0.3, 0.4) is 0 Å². The topological polar surface area (TPSA) is 41.0 Å². The third-order valence-electron chi connectivity index (χ3n) is 4.54. The molecule has 0 bridgehead atoms. The van der Waals surface area contributed by atoms with E-state index in [0.29, 0.717) is 5.92 Å². The first-order valence-electron chi connectivity index (χ1n) is 8.33. The number of hydrogen-bond acceptors (Lipinski definition) is 4. The third-order valence-corrected chi connectivity index (χ3v) is 4.54. The minimum absolute atomic E-state index is 0.354. The van der Waals surface area contributed by atoms with Gasteiger partial charge in [-0.25, -0.2) is 9.97 Å². The Kier molecular flexibility index (Phi) is 5.43. The Morgan fingerprint density at radius 1 is 1.14 bits per heavy atom. The first-order valence-corrected chi connectivity index (χ1v) is 8.33. The van der Waals surface area contributed by atoms with E-state index in [9.17, 15) is 0 Å². The molecule has 21 heavy (non-hydrogen) atoms. The second-order valence-corrected chi connectivity index (χ2v) is 6.80. The van der Waals surface area contributed by atoms with Crippen molar-refractivity contribution >= 4 is 11.6 Å². The number of hydrogen-bond donors (Lipinski definition) is 1. The molecule has 0 spiro atoms. The molecule has 118 valence electrons. The van der Waals surface area contributed by atoms with E-state index in [4.69, 9.17) is 4.98 Å². The molecule has 0 aliphatic carbocycles. The van der Waals surface area contributed by atoms with Crippen molar-refractivity contribution in [2.24, 2.45) is 11.8 Å². The maximum atomic E-state index is 4.79. The van der Waals surface area contributed by atoms with Crippen LogP contribution in [0.5, 0.6) is 0 Å². The van der Waals surface area contributed by atoms with Crippen molar-refractivity contribution in [1.82, 2.24) is 9.97 Å². The highest BCUT2D eigenvalue weighted by Gasteiger charge is 2.21. The molecule has 0 aromatic carbocycles. The third kappa shape index (κ3) is 4.08. The lowest BCUT2D eigenvalue weighted by molar-refractivity contribution is 0.351. The van der Waals surface area contributed by atoms with Crippen molar-refractivity contribution in [3.8, 4) is 0 Å². The van der Waals surface area contributed by atoms with Gasteiger partial charge in [-0.3, -0.25) is 0 Å². The number of rotatable bonds is 4. The van der Waals surface area contributed by atoms with Gasteiger partial charge in [0.05, 0.1) is 0 Å². The smallest absolute Gasteiger partial charge is 0.135 e. The van der Waals surface area contributed by atoms with Crippen molar-refractivity contribution in [2.75, 3.05) is 30.4 Å². The predicted octanol–water partition coefficient (Wildman–Crippen LogP) is 3.90. The van der Waals surface area contributed by atoms with Crippen molar-refractivity contribution in [3.63, 3.8) is 0 Å². The largest absolute Gasteiger partial charge is 0.373 e. The highest BCUT2D eigenvalue weighted by molar-refractivity contribution is 5.49. The van der Waals surface area contributed by atoms with Crippen molar-refractivity contribution < 1.29 is 0 Å². The van der Waals surface area contributed by atoms with Crippen LogP contribution in [0, 0.1) is 11.8 Å². The normalized spacial score (nSPS) is 20.0. The van der Waals surface area contributed by atoms with Gasteiger partial charge in [-0.1, -0.05) is 27.7 Å². The van der Waals surface area contributed by atoms with E-state index in [2.05, 4.69) is 49.0 Å². The van der Waals surface area contributed by atoms with Crippen LogP contribution in [-0.4, -0.2) is 30.1 Å². The summed E-state index contributed by atoms with van der Waals surface area (Å²) in [5.41, 5.74) is 0. The van der Waals surface area contributed by atoms with Crippen LogP contribution in [0.2, 0.25) is 0 Å². The lowest BCUT2D eigenvalue weighted by atomic mass is 9.89. The quantitative estimate of drug-likeness (QED) is 0.913. The maximum Gasteiger partial charge on any atom is 0.135 e. The Morgan fingerprint density at radius 3 is 2.52 bits per heavy atom. The predicted molar refractivity (Wildman–Crippen MR) is 90.1 cm³/mol. The summed E-state index contributed by atoms with van der Waals surface area (Å²) in [4.78, 5) is 11.8. The molecule has 1 saturated heterocycles. The standard InChI is InChI=1S/C17H30N4/c1-12(2)14-7-6-9-21(10-8-14)16-11-15(18-5)19-17(20-16)13(3)4/h11-14H,6-10H2,1-5H3,(H,18,19,20). The Labute approximate surface area is 129 Å². The monoisotopic (exact) mass is 290 g/mol. The Hall–Kier alpha value is -1.32. The second-order valence-electron chi connectivity index (χ2n) is 6.80. The maximum absolute atomic E-state index is 4.79. The average Bonchev–Trinajstić information content (AvgIpc) is 2.72. The molecule has 1 aliphatic rings. The van der Waals surface area contributed by atoms with E-state index in [1.54, 1.807) is 0 Å². The van der Waals surface area contributed by atoms with Crippen LogP contribution in [0.15, 0.2) is 6.07 Å². The molecule has 0 radical (unpaired) electrons. The lowest BCUT2D eigenvalue weighted by Crippen LogP contribution is -2.26. The molecule has 1 unspecified atom stereocenters. The van der Waals surface area contributed by atoms with Crippen LogP contribution in [-0.2, 0) is 0 Å². The highest BCUT2D eigenvalue weighted by Crippen LogP contribution is 2.28. The molecule has 4 heteroatoms. The number of nitrogens with zero attached hydrogens (tertiary/aromatic N) is 3. The fourth-order valence-corrected chi connectivity index (χ4v) is 3.02.